The first-order valence-corrected chi connectivity index (χ1v) is 11.1. The van der Waals surface area contributed by atoms with E-state index in [1.807, 2.05) is 43.5 Å². The number of anilines is 2. The number of pyridine rings is 2. The first-order chi connectivity index (χ1) is 15.1. The van der Waals surface area contributed by atoms with Crippen molar-refractivity contribution >= 4 is 28.9 Å². The molecule has 0 radical (unpaired) electrons. The van der Waals surface area contributed by atoms with Crippen molar-refractivity contribution in [3.8, 4) is 10.6 Å². The van der Waals surface area contributed by atoms with Crippen LogP contribution < -0.4 is 10.6 Å². The molecule has 1 amide bonds. The minimum atomic E-state index is -0.450. The van der Waals surface area contributed by atoms with E-state index in [0.717, 1.165) is 65.3 Å². The van der Waals surface area contributed by atoms with Crippen LogP contribution in [0.1, 0.15) is 23.4 Å². The molecule has 3 aromatic heterocycles. The molecule has 9 heteroatoms. The lowest BCUT2D eigenvalue weighted by Gasteiger charge is -2.31. The fourth-order valence-corrected chi connectivity index (χ4v) is 4.51. The summed E-state index contributed by atoms with van der Waals surface area (Å²) < 4.78 is 0. The number of nitrogens with zero attached hydrogens (tertiary/aromatic N) is 4. The molecule has 0 saturated carbocycles. The van der Waals surface area contributed by atoms with Gasteiger partial charge in [-0.25, -0.2) is 15.0 Å². The molecule has 0 atom stereocenters. The Hall–Kier alpha value is -2.88. The number of piperidine rings is 1. The number of hydrogen-bond donors (Lipinski definition) is 3. The number of hydrogen-bond acceptors (Lipinski definition) is 8. The van der Waals surface area contributed by atoms with Crippen LogP contribution in [0.2, 0.25) is 0 Å². The highest BCUT2D eigenvalue weighted by Crippen LogP contribution is 2.27. The predicted molar refractivity (Wildman–Crippen MR) is 121 cm³/mol. The average Bonchev–Trinajstić information content (AvgIpc) is 3.24. The van der Waals surface area contributed by atoms with Crippen molar-refractivity contribution in [1.82, 2.24) is 25.2 Å². The van der Waals surface area contributed by atoms with Gasteiger partial charge in [-0.05, 0) is 49.6 Å². The second kappa shape index (κ2) is 9.95. The molecule has 0 unspecified atom stereocenters. The lowest BCUT2D eigenvalue weighted by Crippen LogP contribution is -2.45. The van der Waals surface area contributed by atoms with Crippen LogP contribution in [0.5, 0.6) is 0 Å². The average molecular weight is 439 g/mol. The van der Waals surface area contributed by atoms with Crippen LogP contribution in [0.4, 0.5) is 11.6 Å². The van der Waals surface area contributed by atoms with Crippen LogP contribution in [0.25, 0.3) is 10.6 Å². The monoisotopic (exact) mass is 438 g/mol. The maximum atomic E-state index is 11.3. The minimum Gasteiger partial charge on any atom is -0.387 e. The summed E-state index contributed by atoms with van der Waals surface area (Å²) in [6.45, 7) is 4.16. The number of rotatable bonds is 7. The van der Waals surface area contributed by atoms with Gasteiger partial charge in [0.25, 0.3) is 0 Å². The van der Waals surface area contributed by atoms with E-state index in [9.17, 15) is 4.79 Å². The van der Waals surface area contributed by atoms with E-state index < -0.39 is 6.61 Å². The topological polar surface area (TPSA) is 103 Å². The minimum absolute atomic E-state index is 0.144. The van der Waals surface area contributed by atoms with Gasteiger partial charge in [0.1, 0.15) is 23.3 Å². The number of aromatic nitrogens is 3. The standard InChI is InChI=1S/C22H26N6O2S/c1-15-5-8-23-20(11-15)27-19-4-2-3-17(26-19)18-12-24-22(31-18)13-28-9-6-16(7-10-28)25-21(30)14-29/h2-5,8,11-12,16,29H,6-7,9-10,13-14H2,1H3,(H,25,30)(H,23,26,27). The van der Waals surface area contributed by atoms with Crippen molar-refractivity contribution in [2.45, 2.75) is 32.4 Å². The predicted octanol–water partition coefficient (Wildman–Crippen LogP) is 2.73. The van der Waals surface area contributed by atoms with E-state index in [4.69, 9.17) is 10.1 Å². The number of nitrogens with one attached hydrogen (secondary N) is 2. The summed E-state index contributed by atoms with van der Waals surface area (Å²) in [5.74, 6) is 1.22. The molecule has 31 heavy (non-hydrogen) atoms. The zero-order chi connectivity index (χ0) is 21.6. The maximum Gasteiger partial charge on any atom is 0.245 e. The fourth-order valence-electron chi connectivity index (χ4n) is 3.58. The molecule has 0 aliphatic carbocycles. The van der Waals surface area contributed by atoms with Gasteiger partial charge >= 0.3 is 0 Å². The third-order valence-corrected chi connectivity index (χ3v) is 6.19. The summed E-state index contributed by atoms with van der Waals surface area (Å²) in [7, 11) is 0. The Morgan fingerprint density at radius 2 is 2.06 bits per heavy atom. The number of aliphatic hydroxyl groups is 1. The second-order valence-corrected chi connectivity index (χ2v) is 8.76. The van der Waals surface area contributed by atoms with Crippen LogP contribution in [-0.4, -0.2) is 56.6 Å². The first-order valence-electron chi connectivity index (χ1n) is 10.3. The summed E-state index contributed by atoms with van der Waals surface area (Å²) in [6, 6.07) is 9.98. The Bertz CT molecular complexity index is 1030. The number of aryl methyl sites for hydroxylation is 1. The number of amides is 1. The zero-order valence-electron chi connectivity index (χ0n) is 17.4. The van der Waals surface area contributed by atoms with Crippen molar-refractivity contribution < 1.29 is 9.90 Å². The molecule has 1 saturated heterocycles. The summed E-state index contributed by atoms with van der Waals surface area (Å²) >= 11 is 1.65. The van der Waals surface area contributed by atoms with E-state index in [1.165, 1.54) is 0 Å². The van der Waals surface area contributed by atoms with Gasteiger partial charge < -0.3 is 15.7 Å². The maximum absolute atomic E-state index is 11.3. The quantitative estimate of drug-likeness (QED) is 0.521. The lowest BCUT2D eigenvalue weighted by atomic mass is 10.1. The van der Waals surface area contributed by atoms with Crippen LogP contribution in [0.3, 0.4) is 0 Å². The molecule has 0 spiro atoms. The Labute approximate surface area is 185 Å². The van der Waals surface area contributed by atoms with Crippen molar-refractivity contribution in [3.63, 3.8) is 0 Å². The third kappa shape index (κ3) is 5.84. The largest absolute Gasteiger partial charge is 0.387 e. The van der Waals surface area contributed by atoms with Gasteiger partial charge in [-0.3, -0.25) is 9.69 Å². The van der Waals surface area contributed by atoms with E-state index in [-0.39, 0.29) is 11.9 Å². The Balaban J connectivity index is 1.35. The zero-order valence-corrected chi connectivity index (χ0v) is 18.2. The molecule has 1 aliphatic heterocycles. The van der Waals surface area contributed by atoms with Crippen molar-refractivity contribution in [2.75, 3.05) is 25.0 Å². The Morgan fingerprint density at radius 1 is 1.23 bits per heavy atom. The summed E-state index contributed by atoms with van der Waals surface area (Å²) in [5.41, 5.74) is 2.02. The third-order valence-electron chi connectivity index (χ3n) is 5.18. The Kier molecular flexibility index (Phi) is 6.86. The normalized spacial score (nSPS) is 15.0. The smallest absolute Gasteiger partial charge is 0.245 e. The highest BCUT2D eigenvalue weighted by atomic mass is 32.1. The lowest BCUT2D eigenvalue weighted by molar-refractivity contribution is -0.124. The van der Waals surface area contributed by atoms with Gasteiger partial charge in [0.05, 0.1) is 17.1 Å². The van der Waals surface area contributed by atoms with E-state index in [2.05, 4.69) is 25.5 Å². The number of thiazole rings is 1. The van der Waals surface area contributed by atoms with Crippen LogP contribution >= 0.6 is 11.3 Å². The van der Waals surface area contributed by atoms with E-state index >= 15 is 0 Å². The number of likely N-dealkylation sites (tertiary alicyclic amines) is 1. The fraction of sp³-hybridized carbons (Fsp3) is 0.364. The summed E-state index contributed by atoms with van der Waals surface area (Å²) in [6.07, 6.45) is 5.42. The second-order valence-electron chi connectivity index (χ2n) is 7.65. The van der Waals surface area contributed by atoms with Gasteiger partial charge in [0, 0.05) is 31.5 Å². The van der Waals surface area contributed by atoms with Crippen LogP contribution in [0.15, 0.2) is 42.7 Å². The van der Waals surface area contributed by atoms with Gasteiger partial charge in [0.15, 0.2) is 0 Å². The SMILES string of the molecule is Cc1ccnc(Nc2cccc(-c3cnc(CN4CCC(NC(=O)CO)CC4)s3)n2)c1. The van der Waals surface area contributed by atoms with Crippen molar-refractivity contribution in [1.29, 1.82) is 0 Å². The first kappa shape index (κ1) is 21.4. The molecular formula is C22H26N6O2S. The molecule has 4 heterocycles. The highest BCUT2D eigenvalue weighted by Gasteiger charge is 2.21. The molecule has 162 valence electrons. The summed E-state index contributed by atoms with van der Waals surface area (Å²) in [4.78, 5) is 28.4. The number of aliphatic hydroxyl groups excluding tert-OH is 1. The molecule has 0 bridgehead atoms. The van der Waals surface area contributed by atoms with Crippen molar-refractivity contribution in [3.05, 3.63) is 53.3 Å². The van der Waals surface area contributed by atoms with Crippen LogP contribution in [-0.2, 0) is 11.3 Å². The number of carbonyl (C=O) groups is 1. The van der Waals surface area contributed by atoms with E-state index in [0.29, 0.717) is 0 Å². The Morgan fingerprint density at radius 3 is 2.84 bits per heavy atom. The number of carbonyl (C=O) groups excluding carboxylic acids is 1. The van der Waals surface area contributed by atoms with Gasteiger partial charge in [-0.1, -0.05) is 6.07 Å². The molecule has 1 aliphatic rings. The highest BCUT2D eigenvalue weighted by molar-refractivity contribution is 7.15. The van der Waals surface area contributed by atoms with Gasteiger partial charge in [0.2, 0.25) is 5.91 Å². The molecule has 3 aromatic rings. The molecule has 8 nitrogen and oxygen atoms in total. The molecular weight excluding hydrogens is 412 g/mol. The van der Waals surface area contributed by atoms with Gasteiger partial charge in [-0.2, -0.15) is 0 Å². The molecule has 0 aromatic carbocycles. The molecule has 3 N–H and O–H groups in total. The summed E-state index contributed by atoms with van der Waals surface area (Å²) in [5, 5.41) is 16.0. The van der Waals surface area contributed by atoms with Gasteiger partial charge in [-0.15, -0.1) is 11.3 Å². The molecule has 4 rings (SSSR count). The van der Waals surface area contributed by atoms with E-state index in [1.54, 1.807) is 17.5 Å². The molecule has 1 fully saturated rings. The van der Waals surface area contributed by atoms with Crippen LogP contribution in [0, 0.1) is 6.92 Å². The van der Waals surface area contributed by atoms with Crippen molar-refractivity contribution in [2.24, 2.45) is 0 Å².